The van der Waals surface area contributed by atoms with E-state index in [2.05, 4.69) is 5.32 Å². The summed E-state index contributed by atoms with van der Waals surface area (Å²) in [6.07, 6.45) is 1.20. The van der Waals surface area contributed by atoms with Crippen LogP contribution >= 0.6 is 0 Å². The fourth-order valence-electron chi connectivity index (χ4n) is 3.56. The van der Waals surface area contributed by atoms with Crippen molar-refractivity contribution in [1.82, 2.24) is 10.2 Å². The van der Waals surface area contributed by atoms with E-state index in [4.69, 9.17) is 9.47 Å². The molecule has 0 bridgehead atoms. The quantitative estimate of drug-likeness (QED) is 0.513. The molecule has 2 aromatic rings. The van der Waals surface area contributed by atoms with Gasteiger partial charge in [0.25, 0.3) is 0 Å². The third kappa shape index (κ3) is 7.77. The molecule has 1 atom stereocenters. The van der Waals surface area contributed by atoms with Gasteiger partial charge in [-0.3, -0.25) is 9.59 Å². The maximum absolute atomic E-state index is 13.4. The Morgan fingerprint density at radius 2 is 1.64 bits per heavy atom. The van der Waals surface area contributed by atoms with E-state index in [-0.39, 0.29) is 30.6 Å². The van der Waals surface area contributed by atoms with E-state index >= 15 is 0 Å². The van der Waals surface area contributed by atoms with Crippen LogP contribution in [0.2, 0.25) is 0 Å². The molecule has 0 aliphatic heterocycles. The van der Waals surface area contributed by atoms with Crippen molar-refractivity contribution >= 4 is 11.8 Å². The topological polar surface area (TPSA) is 67.9 Å². The van der Waals surface area contributed by atoms with Crippen molar-refractivity contribution in [3.05, 3.63) is 59.4 Å². The molecule has 2 aromatic carbocycles. The van der Waals surface area contributed by atoms with Crippen LogP contribution in [0.1, 0.15) is 44.7 Å². The fraction of sp³-hybridized carbons (Fsp3) is 0.462. The molecule has 2 rings (SSSR count). The molecule has 0 saturated heterocycles. The molecule has 6 nitrogen and oxygen atoms in total. The standard InChI is InChI=1S/C26H35FN2O4/c1-6-22(26(31)28-16-18(2)3)29(17-20-7-11-21(27)12-8-20)25(30)14-10-19-9-13-23(32-4)24(15-19)33-5/h7-9,11-13,15,18,22H,6,10,14,16-17H2,1-5H3,(H,28,31)/t22-/m1/s1. The van der Waals surface area contributed by atoms with Gasteiger partial charge >= 0.3 is 0 Å². The number of nitrogens with zero attached hydrogens (tertiary/aromatic N) is 1. The number of aryl methyl sites for hydroxylation is 1. The van der Waals surface area contributed by atoms with Gasteiger partial charge in [0.15, 0.2) is 11.5 Å². The van der Waals surface area contributed by atoms with Gasteiger partial charge < -0.3 is 19.7 Å². The number of nitrogens with one attached hydrogen (secondary N) is 1. The first-order valence-corrected chi connectivity index (χ1v) is 11.3. The smallest absolute Gasteiger partial charge is 0.242 e. The van der Waals surface area contributed by atoms with Gasteiger partial charge in [-0.2, -0.15) is 0 Å². The highest BCUT2D eigenvalue weighted by Gasteiger charge is 2.28. The third-order valence-corrected chi connectivity index (χ3v) is 5.41. The number of rotatable bonds is 12. The second-order valence-electron chi connectivity index (χ2n) is 8.40. The van der Waals surface area contributed by atoms with E-state index in [1.54, 1.807) is 31.3 Å². The number of benzene rings is 2. The minimum absolute atomic E-state index is 0.138. The Kier molecular flexibility index (Phi) is 10.2. The summed E-state index contributed by atoms with van der Waals surface area (Å²) < 4.78 is 24.0. The molecular formula is C26H35FN2O4. The van der Waals surface area contributed by atoms with Gasteiger partial charge in [0.2, 0.25) is 11.8 Å². The van der Waals surface area contributed by atoms with Gasteiger partial charge in [-0.05, 0) is 54.2 Å². The molecule has 33 heavy (non-hydrogen) atoms. The van der Waals surface area contributed by atoms with Crippen molar-refractivity contribution in [2.75, 3.05) is 20.8 Å². The molecular weight excluding hydrogens is 423 g/mol. The second-order valence-corrected chi connectivity index (χ2v) is 8.40. The summed E-state index contributed by atoms with van der Waals surface area (Å²) >= 11 is 0. The number of carbonyl (C=O) groups is 2. The van der Waals surface area contributed by atoms with Gasteiger partial charge in [-0.15, -0.1) is 0 Å². The van der Waals surface area contributed by atoms with Gasteiger partial charge in [0.05, 0.1) is 14.2 Å². The number of halogens is 1. The van der Waals surface area contributed by atoms with Crippen LogP contribution in [0.25, 0.3) is 0 Å². The molecule has 7 heteroatoms. The summed E-state index contributed by atoms with van der Waals surface area (Å²) in [6, 6.07) is 11.0. The van der Waals surface area contributed by atoms with Crippen LogP contribution in [-0.2, 0) is 22.6 Å². The largest absolute Gasteiger partial charge is 0.493 e. The minimum atomic E-state index is -0.605. The molecule has 0 fully saturated rings. The Balaban J connectivity index is 2.20. The van der Waals surface area contributed by atoms with E-state index in [0.29, 0.717) is 36.8 Å². The predicted octanol–water partition coefficient (Wildman–Crippen LogP) is 4.36. The Bertz CT molecular complexity index is 915. The normalized spacial score (nSPS) is 11.7. The average molecular weight is 459 g/mol. The monoisotopic (exact) mass is 458 g/mol. The maximum Gasteiger partial charge on any atom is 0.242 e. The molecule has 180 valence electrons. The minimum Gasteiger partial charge on any atom is -0.493 e. The van der Waals surface area contributed by atoms with Crippen molar-refractivity contribution in [2.45, 2.75) is 52.6 Å². The Morgan fingerprint density at radius 1 is 1.00 bits per heavy atom. The summed E-state index contributed by atoms with van der Waals surface area (Å²) in [7, 11) is 3.14. The third-order valence-electron chi connectivity index (χ3n) is 5.41. The van der Waals surface area contributed by atoms with Crippen molar-refractivity contribution < 1.29 is 23.5 Å². The van der Waals surface area contributed by atoms with E-state index in [0.717, 1.165) is 11.1 Å². The molecule has 0 radical (unpaired) electrons. The summed E-state index contributed by atoms with van der Waals surface area (Å²) in [4.78, 5) is 27.8. The van der Waals surface area contributed by atoms with Crippen LogP contribution in [0.15, 0.2) is 42.5 Å². The first-order valence-electron chi connectivity index (χ1n) is 11.3. The van der Waals surface area contributed by atoms with Crippen LogP contribution < -0.4 is 14.8 Å². The fourth-order valence-corrected chi connectivity index (χ4v) is 3.56. The first-order chi connectivity index (χ1) is 15.8. The highest BCUT2D eigenvalue weighted by atomic mass is 19.1. The van der Waals surface area contributed by atoms with E-state index < -0.39 is 6.04 Å². The number of amides is 2. The van der Waals surface area contributed by atoms with Crippen molar-refractivity contribution in [1.29, 1.82) is 0 Å². The van der Waals surface area contributed by atoms with Gasteiger partial charge in [0, 0.05) is 19.5 Å². The Hall–Kier alpha value is -3.09. The predicted molar refractivity (Wildman–Crippen MR) is 127 cm³/mol. The molecule has 0 spiro atoms. The lowest BCUT2D eigenvalue weighted by molar-refractivity contribution is -0.141. The lowest BCUT2D eigenvalue weighted by Gasteiger charge is -2.31. The van der Waals surface area contributed by atoms with Crippen LogP contribution in [0.3, 0.4) is 0 Å². The number of hydrogen-bond donors (Lipinski definition) is 1. The summed E-state index contributed by atoms with van der Waals surface area (Å²) in [5.74, 6) is 0.876. The molecule has 2 amide bonds. The number of methoxy groups -OCH3 is 2. The molecule has 0 aliphatic rings. The van der Waals surface area contributed by atoms with Crippen LogP contribution in [0.5, 0.6) is 11.5 Å². The van der Waals surface area contributed by atoms with Crippen LogP contribution in [0.4, 0.5) is 4.39 Å². The van der Waals surface area contributed by atoms with Crippen LogP contribution in [-0.4, -0.2) is 43.5 Å². The van der Waals surface area contributed by atoms with Crippen molar-refractivity contribution in [3.8, 4) is 11.5 Å². The van der Waals surface area contributed by atoms with Gasteiger partial charge in [0.1, 0.15) is 11.9 Å². The highest BCUT2D eigenvalue weighted by molar-refractivity contribution is 5.87. The van der Waals surface area contributed by atoms with E-state index in [1.807, 2.05) is 39.0 Å². The number of ether oxygens (including phenoxy) is 2. The summed E-state index contributed by atoms with van der Waals surface area (Å²) in [5.41, 5.74) is 1.70. The Morgan fingerprint density at radius 3 is 2.21 bits per heavy atom. The summed E-state index contributed by atoms with van der Waals surface area (Å²) in [6.45, 7) is 6.70. The molecule has 0 aliphatic carbocycles. The van der Waals surface area contributed by atoms with Crippen molar-refractivity contribution in [2.24, 2.45) is 5.92 Å². The Labute approximate surface area is 196 Å². The first kappa shape index (κ1) is 26.2. The molecule has 0 unspecified atom stereocenters. The van der Waals surface area contributed by atoms with Crippen molar-refractivity contribution in [3.63, 3.8) is 0 Å². The lowest BCUT2D eigenvalue weighted by atomic mass is 10.1. The second kappa shape index (κ2) is 12.8. The molecule has 0 aromatic heterocycles. The van der Waals surface area contributed by atoms with Gasteiger partial charge in [-0.1, -0.05) is 39.0 Å². The number of carbonyl (C=O) groups excluding carboxylic acids is 2. The van der Waals surface area contributed by atoms with E-state index in [9.17, 15) is 14.0 Å². The number of hydrogen-bond acceptors (Lipinski definition) is 4. The zero-order chi connectivity index (χ0) is 24.4. The molecule has 0 saturated carbocycles. The summed E-state index contributed by atoms with van der Waals surface area (Å²) in [5, 5.41) is 2.94. The maximum atomic E-state index is 13.4. The average Bonchev–Trinajstić information content (AvgIpc) is 2.81. The SMILES string of the molecule is CC[C@H](C(=O)NCC(C)C)N(Cc1ccc(F)cc1)C(=O)CCc1ccc(OC)c(OC)c1. The van der Waals surface area contributed by atoms with Gasteiger partial charge in [-0.25, -0.2) is 4.39 Å². The molecule has 1 N–H and O–H groups in total. The zero-order valence-electron chi connectivity index (χ0n) is 20.2. The van der Waals surface area contributed by atoms with Crippen LogP contribution in [0, 0.1) is 11.7 Å². The lowest BCUT2D eigenvalue weighted by Crippen LogP contribution is -2.49. The molecule has 0 heterocycles. The zero-order valence-corrected chi connectivity index (χ0v) is 20.2. The highest BCUT2D eigenvalue weighted by Crippen LogP contribution is 2.28. The van der Waals surface area contributed by atoms with E-state index in [1.165, 1.54) is 12.1 Å².